The molecule has 0 amide bonds. The Morgan fingerprint density at radius 2 is 1.94 bits per heavy atom. The van der Waals surface area contributed by atoms with Gasteiger partial charge in [0.25, 0.3) is 0 Å². The Bertz CT molecular complexity index is 398. The Kier molecular flexibility index (Phi) is 5.31. The van der Waals surface area contributed by atoms with Crippen molar-refractivity contribution in [3.8, 4) is 0 Å². The van der Waals surface area contributed by atoms with Gasteiger partial charge in [0.2, 0.25) is 0 Å². The number of hydrogen-bond acceptors (Lipinski definition) is 4. The van der Waals surface area contributed by atoms with Crippen molar-refractivity contribution in [1.29, 1.82) is 0 Å². The van der Waals surface area contributed by atoms with Crippen LogP contribution in [0.3, 0.4) is 0 Å². The first-order valence-corrected chi connectivity index (χ1v) is 6.51. The number of benzene rings is 1. The van der Waals surface area contributed by atoms with Gasteiger partial charge in [-0.1, -0.05) is 40.2 Å². The Labute approximate surface area is 115 Å². The molecule has 1 N–H and O–H groups in total. The fourth-order valence-corrected chi connectivity index (χ4v) is 1.46. The number of carbonyl (C=O) groups is 1. The molecule has 0 aliphatic rings. The summed E-state index contributed by atoms with van der Waals surface area (Å²) in [7, 11) is 0. The second-order valence-electron chi connectivity index (χ2n) is 4.52. The Morgan fingerprint density at radius 3 is 2.39 bits per heavy atom. The van der Waals surface area contributed by atoms with E-state index in [1.807, 2.05) is 24.3 Å². The van der Waals surface area contributed by atoms with Crippen LogP contribution in [0.5, 0.6) is 0 Å². The number of esters is 1. The van der Waals surface area contributed by atoms with Crippen LogP contribution in [0, 0.1) is 0 Å². The molecule has 0 saturated heterocycles. The summed E-state index contributed by atoms with van der Waals surface area (Å²) in [5, 5.41) is 8.78. The molecule has 0 fully saturated rings. The van der Waals surface area contributed by atoms with Crippen LogP contribution >= 0.6 is 15.9 Å². The molecule has 1 aromatic carbocycles. The van der Waals surface area contributed by atoms with Crippen LogP contribution in [0.15, 0.2) is 24.3 Å². The highest BCUT2D eigenvalue weighted by atomic mass is 79.9. The molecule has 5 heteroatoms. The van der Waals surface area contributed by atoms with Gasteiger partial charge in [-0.25, -0.2) is 4.89 Å². The number of hydrogen-bond donors (Lipinski definition) is 1. The zero-order valence-corrected chi connectivity index (χ0v) is 12.2. The summed E-state index contributed by atoms with van der Waals surface area (Å²) in [4.78, 5) is 15.4. The third-order valence-electron chi connectivity index (χ3n) is 2.58. The van der Waals surface area contributed by atoms with Gasteiger partial charge in [-0.15, -0.1) is 0 Å². The minimum absolute atomic E-state index is 0.232. The summed E-state index contributed by atoms with van der Waals surface area (Å²) in [6.07, 6.45) is 0. The van der Waals surface area contributed by atoms with Gasteiger partial charge in [0.05, 0.1) is 0 Å². The van der Waals surface area contributed by atoms with Gasteiger partial charge in [-0.2, -0.15) is 0 Å². The zero-order chi connectivity index (χ0) is 13.8. The predicted octanol–water partition coefficient (Wildman–Crippen LogP) is 3.24. The Hall–Kier alpha value is -0.910. The van der Waals surface area contributed by atoms with Crippen molar-refractivity contribution in [2.75, 3.05) is 0 Å². The molecule has 1 atom stereocenters. The average molecular weight is 317 g/mol. The van der Waals surface area contributed by atoms with Crippen molar-refractivity contribution in [1.82, 2.24) is 0 Å². The van der Waals surface area contributed by atoms with Crippen molar-refractivity contribution < 1.29 is 19.7 Å². The van der Waals surface area contributed by atoms with E-state index in [0.29, 0.717) is 0 Å². The largest absolute Gasteiger partial charge is 0.460 e. The molecule has 0 aliphatic carbocycles. The first-order valence-electron chi connectivity index (χ1n) is 5.59. The molecule has 0 heterocycles. The summed E-state index contributed by atoms with van der Waals surface area (Å²) < 4.78 is 5.07. The predicted molar refractivity (Wildman–Crippen MR) is 71.4 cm³/mol. The van der Waals surface area contributed by atoms with E-state index in [2.05, 4.69) is 20.8 Å². The van der Waals surface area contributed by atoms with E-state index in [0.717, 1.165) is 11.1 Å². The highest BCUT2D eigenvalue weighted by molar-refractivity contribution is 9.10. The fourth-order valence-electron chi connectivity index (χ4n) is 1.32. The number of halogens is 1. The van der Waals surface area contributed by atoms with E-state index < -0.39 is 5.60 Å². The van der Waals surface area contributed by atoms with E-state index in [1.54, 1.807) is 20.8 Å². The molecule has 1 aromatic rings. The van der Waals surface area contributed by atoms with Crippen LogP contribution in [-0.2, 0) is 26.6 Å². The molecule has 100 valence electrons. The lowest BCUT2D eigenvalue weighted by atomic mass is 9.97. The number of carbonyl (C=O) groups excluding carboxylic acids is 1. The number of alkyl halides is 1. The molecular weight excluding hydrogens is 300 g/mol. The van der Waals surface area contributed by atoms with Gasteiger partial charge in [-0.05, 0) is 31.9 Å². The smallest absolute Gasteiger partial charge is 0.319 e. The third kappa shape index (κ3) is 4.08. The number of rotatable bonds is 5. The van der Waals surface area contributed by atoms with Gasteiger partial charge < -0.3 is 4.74 Å². The molecule has 0 saturated carbocycles. The molecular formula is C13H17BrO4. The number of ether oxygens (including phenoxy) is 1. The molecule has 0 aromatic heterocycles. The van der Waals surface area contributed by atoms with Crippen molar-refractivity contribution in [3.63, 3.8) is 0 Å². The average Bonchev–Trinajstić information content (AvgIpc) is 2.36. The quantitative estimate of drug-likeness (QED) is 0.392. The summed E-state index contributed by atoms with van der Waals surface area (Å²) in [6, 6.07) is 7.33. The van der Waals surface area contributed by atoms with Gasteiger partial charge in [0.15, 0.2) is 0 Å². The van der Waals surface area contributed by atoms with Crippen LogP contribution in [0.1, 0.15) is 31.9 Å². The van der Waals surface area contributed by atoms with Gasteiger partial charge in [0.1, 0.15) is 17.0 Å². The van der Waals surface area contributed by atoms with E-state index in [-0.39, 0.29) is 17.4 Å². The van der Waals surface area contributed by atoms with Crippen molar-refractivity contribution in [2.24, 2.45) is 0 Å². The van der Waals surface area contributed by atoms with Crippen molar-refractivity contribution in [3.05, 3.63) is 35.4 Å². The first-order chi connectivity index (χ1) is 8.36. The Morgan fingerprint density at radius 1 is 1.39 bits per heavy atom. The maximum atomic E-state index is 11.3. The third-order valence-corrected chi connectivity index (χ3v) is 2.96. The van der Waals surface area contributed by atoms with Crippen LogP contribution in [-0.4, -0.2) is 16.1 Å². The van der Waals surface area contributed by atoms with Gasteiger partial charge >= 0.3 is 5.97 Å². The second kappa shape index (κ2) is 6.31. The molecule has 18 heavy (non-hydrogen) atoms. The van der Waals surface area contributed by atoms with Gasteiger partial charge in [-0.3, -0.25) is 10.1 Å². The molecule has 1 rings (SSSR count). The topological polar surface area (TPSA) is 55.8 Å². The van der Waals surface area contributed by atoms with Crippen molar-refractivity contribution >= 4 is 21.9 Å². The molecule has 4 nitrogen and oxygen atoms in total. The second-order valence-corrected chi connectivity index (χ2v) is 5.90. The molecule has 0 bridgehead atoms. The minimum Gasteiger partial charge on any atom is -0.460 e. The highest BCUT2D eigenvalue weighted by Crippen LogP contribution is 2.23. The van der Waals surface area contributed by atoms with E-state index >= 15 is 0 Å². The van der Waals surface area contributed by atoms with E-state index in [1.165, 1.54) is 0 Å². The standard InChI is InChI=1S/C13H17BrO4/c1-9(14)12(15)17-8-10-4-6-11(7-5-10)13(2,3)18-16/h4-7,9,16H,8H2,1-3H3. The molecule has 0 radical (unpaired) electrons. The van der Waals surface area contributed by atoms with E-state index in [9.17, 15) is 4.79 Å². The van der Waals surface area contributed by atoms with Crippen LogP contribution in [0.4, 0.5) is 0 Å². The lowest BCUT2D eigenvalue weighted by Gasteiger charge is -2.21. The summed E-state index contributed by atoms with van der Waals surface area (Å²) in [6.45, 7) is 5.46. The van der Waals surface area contributed by atoms with E-state index in [4.69, 9.17) is 9.99 Å². The summed E-state index contributed by atoms with van der Waals surface area (Å²) in [5.74, 6) is -0.293. The molecule has 1 unspecified atom stereocenters. The maximum absolute atomic E-state index is 11.3. The molecule has 0 aliphatic heterocycles. The lowest BCUT2D eigenvalue weighted by molar-refractivity contribution is -0.318. The summed E-state index contributed by atoms with van der Waals surface area (Å²) in [5.41, 5.74) is 0.975. The first kappa shape index (κ1) is 15.1. The zero-order valence-electron chi connectivity index (χ0n) is 10.6. The highest BCUT2D eigenvalue weighted by Gasteiger charge is 2.21. The van der Waals surface area contributed by atoms with Gasteiger partial charge in [0, 0.05) is 0 Å². The summed E-state index contributed by atoms with van der Waals surface area (Å²) >= 11 is 3.14. The monoisotopic (exact) mass is 316 g/mol. The minimum atomic E-state index is -0.750. The van der Waals surface area contributed by atoms with Crippen LogP contribution < -0.4 is 0 Å². The lowest BCUT2D eigenvalue weighted by Crippen LogP contribution is -2.19. The van der Waals surface area contributed by atoms with Crippen molar-refractivity contribution in [2.45, 2.75) is 37.8 Å². The van der Waals surface area contributed by atoms with Crippen LogP contribution in [0.2, 0.25) is 0 Å². The maximum Gasteiger partial charge on any atom is 0.319 e. The molecule has 0 spiro atoms. The fraction of sp³-hybridized carbons (Fsp3) is 0.462. The normalized spacial score (nSPS) is 13.2. The van der Waals surface area contributed by atoms with Crippen LogP contribution in [0.25, 0.3) is 0 Å². The SMILES string of the molecule is CC(Br)C(=O)OCc1ccc(C(C)(C)OO)cc1. The Balaban J connectivity index is 2.64.